The van der Waals surface area contributed by atoms with Gasteiger partial charge in [0.05, 0.1) is 6.04 Å². The van der Waals surface area contributed by atoms with E-state index < -0.39 is 0 Å². The van der Waals surface area contributed by atoms with E-state index in [9.17, 15) is 4.79 Å². The smallest absolute Gasteiger partial charge is 0.255 e. The zero-order valence-electron chi connectivity index (χ0n) is 15.9. The fraction of sp³-hybridized carbons (Fsp3) is 0.143. The van der Waals surface area contributed by atoms with Crippen molar-refractivity contribution in [1.82, 2.24) is 30.2 Å². The number of carbonyl (C=O) groups excluding carboxylic acids is 1. The highest BCUT2D eigenvalue weighted by molar-refractivity contribution is 6.05. The molecule has 2 heterocycles. The normalized spacial score (nSPS) is 13.1. The molecule has 1 fully saturated rings. The van der Waals surface area contributed by atoms with Crippen LogP contribution in [0, 0.1) is 0 Å². The molecule has 9 heteroatoms. The molecule has 0 saturated heterocycles. The molecule has 30 heavy (non-hydrogen) atoms. The average Bonchev–Trinajstić information content (AvgIpc) is 3.51. The fourth-order valence-corrected chi connectivity index (χ4v) is 3.12. The van der Waals surface area contributed by atoms with Crippen molar-refractivity contribution < 1.29 is 4.79 Å². The highest BCUT2D eigenvalue weighted by Gasteiger charge is 2.28. The number of carbonyl (C=O) groups is 1. The summed E-state index contributed by atoms with van der Waals surface area (Å²) in [5, 5.41) is 18.1. The van der Waals surface area contributed by atoms with Crippen molar-refractivity contribution in [2.24, 2.45) is 0 Å². The highest BCUT2D eigenvalue weighted by atomic mass is 16.1. The van der Waals surface area contributed by atoms with E-state index in [1.807, 2.05) is 35.0 Å². The zero-order valence-corrected chi connectivity index (χ0v) is 15.9. The van der Waals surface area contributed by atoms with Gasteiger partial charge in [0.2, 0.25) is 5.95 Å². The number of aromatic nitrogens is 6. The molecule has 0 spiro atoms. The van der Waals surface area contributed by atoms with E-state index in [0.29, 0.717) is 29.1 Å². The van der Waals surface area contributed by atoms with E-state index in [0.717, 1.165) is 24.1 Å². The molecule has 0 unspecified atom stereocenters. The lowest BCUT2D eigenvalue weighted by atomic mass is 10.1. The third-order valence-electron chi connectivity index (χ3n) is 4.71. The second-order valence-electron chi connectivity index (χ2n) is 6.99. The van der Waals surface area contributed by atoms with Crippen molar-refractivity contribution in [1.29, 1.82) is 0 Å². The first-order valence-corrected chi connectivity index (χ1v) is 9.60. The summed E-state index contributed by atoms with van der Waals surface area (Å²) in [7, 11) is 0. The van der Waals surface area contributed by atoms with Gasteiger partial charge in [-0.15, -0.1) is 5.10 Å². The van der Waals surface area contributed by atoms with Gasteiger partial charge < -0.3 is 10.6 Å². The molecule has 1 aliphatic rings. The van der Waals surface area contributed by atoms with Crippen molar-refractivity contribution in [3.63, 3.8) is 0 Å². The van der Waals surface area contributed by atoms with Crippen LogP contribution in [-0.2, 0) is 0 Å². The minimum atomic E-state index is -0.216. The Labute approximate surface area is 172 Å². The van der Waals surface area contributed by atoms with Gasteiger partial charge in [-0.25, -0.2) is 14.6 Å². The third kappa shape index (κ3) is 3.86. The van der Waals surface area contributed by atoms with Crippen LogP contribution in [0.5, 0.6) is 0 Å². The van der Waals surface area contributed by atoms with Crippen LogP contribution in [0.25, 0.3) is 11.4 Å². The first kappa shape index (κ1) is 17.9. The monoisotopic (exact) mass is 398 g/mol. The third-order valence-corrected chi connectivity index (χ3v) is 4.71. The number of anilines is 3. The number of nitrogens with one attached hydrogen (secondary N) is 2. The van der Waals surface area contributed by atoms with E-state index in [1.165, 1.54) is 0 Å². The molecule has 148 valence electrons. The maximum Gasteiger partial charge on any atom is 0.255 e. The van der Waals surface area contributed by atoms with E-state index in [4.69, 9.17) is 0 Å². The van der Waals surface area contributed by atoms with Crippen LogP contribution in [0.4, 0.5) is 17.3 Å². The molecule has 2 aromatic carbocycles. The Balaban J connectivity index is 1.33. The SMILES string of the molecule is O=C(Nc1cccc(-c2nnnn2C2CC2)c1)c1cccc(Nc2ncccn2)c1. The molecule has 2 N–H and O–H groups in total. The Morgan fingerprint density at radius 3 is 2.60 bits per heavy atom. The summed E-state index contributed by atoms with van der Waals surface area (Å²) in [5.41, 5.74) is 2.78. The topological polar surface area (TPSA) is 111 Å². The minimum Gasteiger partial charge on any atom is -0.324 e. The predicted molar refractivity (Wildman–Crippen MR) is 111 cm³/mol. The Bertz CT molecular complexity index is 1190. The molecule has 0 aliphatic heterocycles. The number of rotatable bonds is 6. The first-order chi connectivity index (χ1) is 14.8. The van der Waals surface area contributed by atoms with Gasteiger partial charge in [-0.05, 0) is 59.7 Å². The zero-order chi connectivity index (χ0) is 20.3. The molecule has 0 atom stereocenters. The molecule has 5 rings (SSSR count). The maximum atomic E-state index is 12.8. The number of amides is 1. The van der Waals surface area contributed by atoms with Gasteiger partial charge in [0.15, 0.2) is 5.82 Å². The molecular formula is C21H18N8O. The molecule has 2 aromatic heterocycles. The van der Waals surface area contributed by atoms with Gasteiger partial charge in [0.1, 0.15) is 0 Å². The summed E-state index contributed by atoms with van der Waals surface area (Å²) in [6.07, 6.45) is 5.48. The number of tetrazole rings is 1. The molecule has 1 saturated carbocycles. The Morgan fingerprint density at radius 1 is 0.967 bits per heavy atom. The van der Waals surface area contributed by atoms with E-state index in [1.54, 1.807) is 36.7 Å². The Kier molecular flexibility index (Phi) is 4.60. The summed E-state index contributed by atoms with van der Waals surface area (Å²) in [6, 6.07) is 16.8. The van der Waals surface area contributed by atoms with Crippen LogP contribution in [0.3, 0.4) is 0 Å². The standard InChI is InChI=1S/C21H18N8O/c30-20(15-5-2-7-17(13-15)25-21-22-10-3-11-23-21)24-16-6-1-4-14(12-16)19-26-27-28-29(19)18-8-9-18/h1-7,10-13,18H,8-9H2,(H,24,30)(H,22,23,25). The second kappa shape index (κ2) is 7.70. The number of hydrogen-bond acceptors (Lipinski definition) is 7. The average molecular weight is 398 g/mol. The molecular weight excluding hydrogens is 380 g/mol. The fourth-order valence-electron chi connectivity index (χ4n) is 3.12. The lowest BCUT2D eigenvalue weighted by molar-refractivity contribution is 0.102. The van der Waals surface area contributed by atoms with Crippen LogP contribution < -0.4 is 10.6 Å². The Hall–Kier alpha value is -4.14. The maximum absolute atomic E-state index is 12.8. The highest BCUT2D eigenvalue weighted by Crippen LogP contribution is 2.36. The largest absolute Gasteiger partial charge is 0.324 e. The van der Waals surface area contributed by atoms with Crippen LogP contribution in [0.15, 0.2) is 67.0 Å². The molecule has 1 amide bonds. The van der Waals surface area contributed by atoms with Crippen LogP contribution in [-0.4, -0.2) is 36.1 Å². The predicted octanol–water partition coefficient (Wildman–Crippen LogP) is 3.46. The van der Waals surface area contributed by atoms with E-state index in [2.05, 4.69) is 36.1 Å². The lowest BCUT2D eigenvalue weighted by Gasteiger charge is -2.09. The van der Waals surface area contributed by atoms with Gasteiger partial charge >= 0.3 is 0 Å². The summed E-state index contributed by atoms with van der Waals surface area (Å²) in [6.45, 7) is 0. The van der Waals surface area contributed by atoms with Crippen molar-refractivity contribution in [3.8, 4) is 11.4 Å². The van der Waals surface area contributed by atoms with Gasteiger partial charge in [-0.1, -0.05) is 18.2 Å². The number of nitrogens with zero attached hydrogens (tertiary/aromatic N) is 6. The molecule has 0 bridgehead atoms. The molecule has 1 aliphatic carbocycles. The minimum absolute atomic E-state index is 0.216. The van der Waals surface area contributed by atoms with Crippen molar-refractivity contribution >= 4 is 23.2 Å². The molecule has 0 radical (unpaired) electrons. The summed E-state index contributed by atoms with van der Waals surface area (Å²) >= 11 is 0. The molecule has 4 aromatic rings. The van der Waals surface area contributed by atoms with Gasteiger partial charge in [-0.3, -0.25) is 4.79 Å². The molecule has 9 nitrogen and oxygen atoms in total. The van der Waals surface area contributed by atoms with Crippen molar-refractivity contribution in [2.75, 3.05) is 10.6 Å². The van der Waals surface area contributed by atoms with Gasteiger partial charge in [0, 0.05) is 34.9 Å². The number of hydrogen-bond donors (Lipinski definition) is 2. The summed E-state index contributed by atoms with van der Waals surface area (Å²) < 4.78 is 1.85. The summed E-state index contributed by atoms with van der Waals surface area (Å²) in [5.74, 6) is 0.963. The summed E-state index contributed by atoms with van der Waals surface area (Å²) in [4.78, 5) is 21.1. The van der Waals surface area contributed by atoms with Crippen LogP contribution >= 0.6 is 0 Å². The van der Waals surface area contributed by atoms with Crippen molar-refractivity contribution in [2.45, 2.75) is 18.9 Å². The quantitative estimate of drug-likeness (QED) is 0.512. The van der Waals surface area contributed by atoms with Crippen LogP contribution in [0.1, 0.15) is 29.2 Å². The van der Waals surface area contributed by atoms with Gasteiger partial charge in [0.25, 0.3) is 5.91 Å². The van der Waals surface area contributed by atoms with E-state index in [-0.39, 0.29) is 5.91 Å². The van der Waals surface area contributed by atoms with Gasteiger partial charge in [-0.2, -0.15) is 0 Å². The lowest BCUT2D eigenvalue weighted by Crippen LogP contribution is -2.12. The second-order valence-corrected chi connectivity index (χ2v) is 6.99. The van der Waals surface area contributed by atoms with E-state index >= 15 is 0 Å². The van der Waals surface area contributed by atoms with Crippen LogP contribution in [0.2, 0.25) is 0 Å². The van der Waals surface area contributed by atoms with Crippen molar-refractivity contribution in [3.05, 3.63) is 72.6 Å². The number of benzene rings is 2. The first-order valence-electron chi connectivity index (χ1n) is 9.60. The Morgan fingerprint density at radius 2 is 1.77 bits per heavy atom.